The Balaban J connectivity index is 1.91. The predicted octanol–water partition coefficient (Wildman–Crippen LogP) is 2.56. The molecule has 1 fully saturated rings. The van der Waals surface area contributed by atoms with Gasteiger partial charge in [-0.15, -0.1) is 0 Å². The summed E-state index contributed by atoms with van der Waals surface area (Å²) in [5.74, 6) is 1.60. The van der Waals surface area contributed by atoms with Gasteiger partial charge in [0.05, 0.1) is 24.9 Å². The predicted molar refractivity (Wildman–Crippen MR) is 116 cm³/mol. The van der Waals surface area contributed by atoms with Crippen molar-refractivity contribution in [2.75, 3.05) is 40.3 Å². The van der Waals surface area contributed by atoms with Gasteiger partial charge in [-0.1, -0.05) is 12.8 Å². The van der Waals surface area contributed by atoms with Crippen LogP contribution in [0.2, 0.25) is 0 Å². The van der Waals surface area contributed by atoms with Gasteiger partial charge in [-0.2, -0.15) is 5.10 Å². The van der Waals surface area contributed by atoms with E-state index in [0.717, 1.165) is 38.0 Å². The summed E-state index contributed by atoms with van der Waals surface area (Å²) in [7, 11) is 6.12. The van der Waals surface area contributed by atoms with E-state index in [4.69, 9.17) is 9.73 Å². The molecule has 1 aromatic heterocycles. The third-order valence-corrected chi connectivity index (χ3v) is 5.53. The maximum absolute atomic E-state index is 6.04. The first-order chi connectivity index (χ1) is 13.5. The van der Waals surface area contributed by atoms with Crippen molar-refractivity contribution in [3.8, 4) is 0 Å². The van der Waals surface area contributed by atoms with Gasteiger partial charge in [0, 0.05) is 38.5 Å². The zero-order valence-corrected chi connectivity index (χ0v) is 18.4. The van der Waals surface area contributed by atoms with E-state index in [2.05, 4.69) is 54.8 Å². The molecule has 0 aliphatic heterocycles. The molecule has 7 nitrogen and oxygen atoms in total. The summed E-state index contributed by atoms with van der Waals surface area (Å²) < 4.78 is 7.88. The average Bonchev–Trinajstić information content (AvgIpc) is 3.33. The number of likely N-dealkylation sites (N-methyl/N-ethyl adjacent to an activating group) is 1. The minimum absolute atomic E-state index is 0.207. The van der Waals surface area contributed by atoms with Gasteiger partial charge in [-0.05, 0) is 53.1 Å². The monoisotopic (exact) mass is 392 g/mol. The van der Waals surface area contributed by atoms with Crippen LogP contribution in [-0.4, -0.2) is 67.1 Å². The van der Waals surface area contributed by atoms with Crippen molar-refractivity contribution in [2.45, 2.75) is 58.1 Å². The number of aromatic nitrogens is 2. The molecular formula is C21H40N6O. The van der Waals surface area contributed by atoms with Crippen LogP contribution >= 0.6 is 0 Å². The maximum Gasteiger partial charge on any atom is 0.191 e. The van der Waals surface area contributed by atoms with Crippen molar-refractivity contribution in [1.29, 1.82) is 0 Å². The number of aliphatic imine (C=N–C) groups is 1. The van der Waals surface area contributed by atoms with E-state index in [1.54, 1.807) is 0 Å². The quantitative estimate of drug-likeness (QED) is 0.448. The fraction of sp³-hybridized carbons (Fsp3) is 0.810. The van der Waals surface area contributed by atoms with Gasteiger partial charge in [0.15, 0.2) is 5.96 Å². The van der Waals surface area contributed by atoms with Crippen molar-refractivity contribution >= 4 is 5.96 Å². The summed E-state index contributed by atoms with van der Waals surface area (Å²) in [6.45, 7) is 7.41. The van der Waals surface area contributed by atoms with Crippen molar-refractivity contribution in [3.63, 3.8) is 0 Å². The molecule has 160 valence electrons. The van der Waals surface area contributed by atoms with Gasteiger partial charge in [0.25, 0.3) is 0 Å². The molecule has 2 N–H and O–H groups in total. The Hall–Kier alpha value is -1.60. The molecule has 1 aliphatic rings. The standard InChI is InChI=1S/C21H40N6O/c1-6-22-21(23-13-12-20(28-7-2)17-10-8-9-11-17)24-15-19(26(3)4)18-14-25-27(5)16-18/h14,16-17,19-20H,6-13,15H2,1-5H3,(H2,22,23,24). The number of guanidine groups is 1. The Labute approximate surface area is 170 Å². The highest BCUT2D eigenvalue weighted by Crippen LogP contribution is 2.30. The molecule has 2 atom stereocenters. The molecule has 0 radical (unpaired) electrons. The van der Waals surface area contributed by atoms with Crippen LogP contribution in [0.4, 0.5) is 0 Å². The molecule has 0 amide bonds. The zero-order chi connectivity index (χ0) is 20.4. The first kappa shape index (κ1) is 22.7. The van der Waals surface area contributed by atoms with Gasteiger partial charge in [0.2, 0.25) is 0 Å². The first-order valence-electron chi connectivity index (χ1n) is 10.8. The minimum atomic E-state index is 0.207. The Morgan fingerprint density at radius 1 is 1.32 bits per heavy atom. The molecule has 0 spiro atoms. The zero-order valence-electron chi connectivity index (χ0n) is 18.4. The van der Waals surface area contributed by atoms with Gasteiger partial charge in [-0.25, -0.2) is 0 Å². The van der Waals surface area contributed by atoms with Crippen LogP contribution in [-0.2, 0) is 11.8 Å². The van der Waals surface area contributed by atoms with Gasteiger partial charge < -0.3 is 20.3 Å². The summed E-state index contributed by atoms with van der Waals surface area (Å²) in [6, 6.07) is 0.207. The van der Waals surface area contributed by atoms with E-state index in [0.29, 0.717) is 12.6 Å². The lowest BCUT2D eigenvalue weighted by Crippen LogP contribution is -2.40. The molecule has 1 aromatic rings. The van der Waals surface area contributed by atoms with E-state index < -0.39 is 0 Å². The van der Waals surface area contributed by atoms with E-state index in [1.807, 2.05) is 17.9 Å². The third kappa shape index (κ3) is 7.09. The van der Waals surface area contributed by atoms with Crippen molar-refractivity contribution < 1.29 is 4.74 Å². The van der Waals surface area contributed by atoms with Crippen LogP contribution < -0.4 is 10.6 Å². The van der Waals surface area contributed by atoms with Crippen molar-refractivity contribution in [3.05, 3.63) is 18.0 Å². The minimum Gasteiger partial charge on any atom is -0.378 e. The van der Waals surface area contributed by atoms with E-state index in [1.165, 1.54) is 31.2 Å². The topological polar surface area (TPSA) is 66.7 Å². The maximum atomic E-state index is 6.04. The molecule has 0 aromatic carbocycles. The second-order valence-corrected chi connectivity index (χ2v) is 7.90. The summed E-state index contributed by atoms with van der Waals surface area (Å²) in [6.07, 6.45) is 10.7. The Kier molecular flexibility index (Phi) is 9.78. The first-order valence-corrected chi connectivity index (χ1v) is 10.8. The molecule has 1 saturated carbocycles. The van der Waals surface area contributed by atoms with Crippen LogP contribution in [0.5, 0.6) is 0 Å². The average molecular weight is 393 g/mol. The van der Waals surface area contributed by atoms with Gasteiger partial charge >= 0.3 is 0 Å². The molecule has 2 rings (SSSR count). The fourth-order valence-corrected chi connectivity index (χ4v) is 4.03. The highest BCUT2D eigenvalue weighted by molar-refractivity contribution is 5.79. The summed E-state index contributed by atoms with van der Waals surface area (Å²) in [5.41, 5.74) is 1.18. The highest BCUT2D eigenvalue weighted by Gasteiger charge is 2.25. The SMILES string of the molecule is CCNC(=NCC(c1cnn(C)c1)N(C)C)NCCC(OCC)C1CCCC1. The number of nitrogens with one attached hydrogen (secondary N) is 2. The number of aryl methyl sites for hydroxylation is 1. The Morgan fingerprint density at radius 2 is 2.07 bits per heavy atom. The van der Waals surface area contributed by atoms with E-state index in [9.17, 15) is 0 Å². The lowest BCUT2D eigenvalue weighted by Gasteiger charge is -2.24. The Morgan fingerprint density at radius 3 is 2.64 bits per heavy atom. The van der Waals surface area contributed by atoms with Crippen LogP contribution in [0, 0.1) is 5.92 Å². The molecular weight excluding hydrogens is 352 g/mol. The molecule has 0 bridgehead atoms. The number of hydrogen-bond donors (Lipinski definition) is 2. The molecule has 0 saturated heterocycles. The number of rotatable bonds is 11. The van der Waals surface area contributed by atoms with Gasteiger partial charge in [-0.3, -0.25) is 9.67 Å². The normalized spacial score (nSPS) is 17.9. The number of ether oxygens (including phenoxy) is 1. The van der Waals surface area contributed by atoms with Crippen LogP contribution in [0.3, 0.4) is 0 Å². The van der Waals surface area contributed by atoms with Crippen molar-refractivity contribution in [1.82, 2.24) is 25.3 Å². The van der Waals surface area contributed by atoms with Crippen molar-refractivity contribution in [2.24, 2.45) is 18.0 Å². The smallest absolute Gasteiger partial charge is 0.191 e. The van der Waals surface area contributed by atoms with Crippen LogP contribution in [0.15, 0.2) is 17.4 Å². The summed E-state index contributed by atoms with van der Waals surface area (Å²) in [4.78, 5) is 7.03. The summed E-state index contributed by atoms with van der Waals surface area (Å²) in [5, 5.41) is 11.2. The van der Waals surface area contributed by atoms with E-state index in [-0.39, 0.29) is 6.04 Å². The molecule has 28 heavy (non-hydrogen) atoms. The van der Waals surface area contributed by atoms with Gasteiger partial charge in [0.1, 0.15) is 0 Å². The number of hydrogen-bond acceptors (Lipinski definition) is 4. The second-order valence-electron chi connectivity index (χ2n) is 7.90. The molecule has 7 heteroatoms. The number of nitrogens with zero attached hydrogens (tertiary/aromatic N) is 4. The highest BCUT2D eigenvalue weighted by atomic mass is 16.5. The second kappa shape index (κ2) is 12.1. The molecule has 1 aliphatic carbocycles. The lowest BCUT2D eigenvalue weighted by atomic mass is 9.98. The van der Waals surface area contributed by atoms with E-state index >= 15 is 0 Å². The summed E-state index contributed by atoms with van der Waals surface area (Å²) >= 11 is 0. The molecule has 1 heterocycles. The van der Waals surface area contributed by atoms with Crippen LogP contribution in [0.1, 0.15) is 57.6 Å². The van der Waals surface area contributed by atoms with Crippen LogP contribution in [0.25, 0.3) is 0 Å². The third-order valence-electron chi connectivity index (χ3n) is 5.53. The molecule has 2 unspecified atom stereocenters. The lowest BCUT2D eigenvalue weighted by molar-refractivity contribution is 0.0169. The fourth-order valence-electron chi connectivity index (χ4n) is 4.03. The largest absolute Gasteiger partial charge is 0.378 e. The Bertz CT molecular complexity index is 579.